The number of rotatable bonds is 11. The number of para-hydroxylation sites is 1. The summed E-state index contributed by atoms with van der Waals surface area (Å²) < 4.78 is 7.41. The van der Waals surface area contributed by atoms with Crippen molar-refractivity contribution >= 4 is 22.9 Å². The van der Waals surface area contributed by atoms with E-state index in [4.69, 9.17) is 4.74 Å². The first-order valence-electron chi connectivity index (χ1n) is 11.6. The average molecular weight is 455 g/mol. The molecule has 1 heterocycles. The van der Waals surface area contributed by atoms with Crippen LogP contribution in [0.4, 0.5) is 0 Å². The van der Waals surface area contributed by atoms with Gasteiger partial charge in [-0.25, -0.2) is 4.79 Å². The van der Waals surface area contributed by atoms with Crippen molar-refractivity contribution in [3.8, 4) is 5.75 Å². The van der Waals surface area contributed by atoms with Gasteiger partial charge in [-0.05, 0) is 54.8 Å². The molecule has 2 N–H and O–H groups in total. The fourth-order valence-electron chi connectivity index (χ4n) is 4.27. The van der Waals surface area contributed by atoms with E-state index in [1.54, 1.807) is 6.08 Å². The quantitative estimate of drug-likeness (QED) is 0.283. The number of nitrogens with zero attached hydrogens (tertiary/aromatic N) is 1. The van der Waals surface area contributed by atoms with Gasteiger partial charge in [0.2, 0.25) is 0 Å². The summed E-state index contributed by atoms with van der Waals surface area (Å²) in [5.74, 6) is -0.0422. The summed E-state index contributed by atoms with van der Waals surface area (Å²) in [6.45, 7) is 8.15. The van der Waals surface area contributed by atoms with Crippen molar-refractivity contribution in [3.05, 3.63) is 107 Å². The standard InChI is InChI=1S/C29H30N2O3/c1-3-21-9-11-23(12-10-21)20-31-27-8-6-5-7-25(27)26(28(31)29(32)33)19-30-18-17-22-13-15-24(16-14-22)34-4-2/h3,5-16,30H,1,4,17-20H2,2H3,(H,32,33). The number of fused-ring (bicyclic) bond motifs is 1. The van der Waals surface area contributed by atoms with E-state index in [0.29, 0.717) is 25.4 Å². The van der Waals surface area contributed by atoms with Crippen LogP contribution in [0.5, 0.6) is 5.75 Å². The number of carbonyl (C=O) groups is 1. The van der Waals surface area contributed by atoms with Crippen molar-refractivity contribution in [3.63, 3.8) is 0 Å². The van der Waals surface area contributed by atoms with Crippen molar-refractivity contribution in [2.75, 3.05) is 13.2 Å². The van der Waals surface area contributed by atoms with E-state index in [9.17, 15) is 9.90 Å². The summed E-state index contributed by atoms with van der Waals surface area (Å²) in [4.78, 5) is 12.4. The van der Waals surface area contributed by atoms with Gasteiger partial charge in [-0.2, -0.15) is 0 Å². The second-order valence-corrected chi connectivity index (χ2v) is 8.19. The van der Waals surface area contributed by atoms with Crippen LogP contribution in [0, 0.1) is 0 Å². The molecule has 0 saturated carbocycles. The van der Waals surface area contributed by atoms with Gasteiger partial charge in [-0.3, -0.25) is 0 Å². The van der Waals surface area contributed by atoms with E-state index in [0.717, 1.165) is 46.3 Å². The predicted molar refractivity (Wildman–Crippen MR) is 138 cm³/mol. The Morgan fingerprint density at radius 3 is 2.41 bits per heavy atom. The van der Waals surface area contributed by atoms with Gasteiger partial charge in [0.05, 0.1) is 6.61 Å². The number of carboxylic acids is 1. The Balaban J connectivity index is 1.53. The third-order valence-corrected chi connectivity index (χ3v) is 5.96. The largest absolute Gasteiger partial charge is 0.494 e. The number of hydrogen-bond donors (Lipinski definition) is 2. The summed E-state index contributed by atoms with van der Waals surface area (Å²) >= 11 is 0. The molecule has 0 aliphatic rings. The summed E-state index contributed by atoms with van der Waals surface area (Å²) in [7, 11) is 0. The number of aromatic nitrogens is 1. The Morgan fingerprint density at radius 2 is 1.74 bits per heavy atom. The molecular weight excluding hydrogens is 424 g/mol. The van der Waals surface area contributed by atoms with E-state index in [1.807, 2.05) is 72.2 Å². The molecule has 0 saturated heterocycles. The Hall–Kier alpha value is -3.83. The first-order valence-corrected chi connectivity index (χ1v) is 11.6. The Morgan fingerprint density at radius 1 is 1.03 bits per heavy atom. The van der Waals surface area contributed by atoms with E-state index < -0.39 is 5.97 Å². The third-order valence-electron chi connectivity index (χ3n) is 5.96. The van der Waals surface area contributed by atoms with Gasteiger partial charge < -0.3 is 19.7 Å². The molecule has 174 valence electrons. The highest BCUT2D eigenvalue weighted by Gasteiger charge is 2.22. The molecule has 0 radical (unpaired) electrons. The summed E-state index contributed by atoms with van der Waals surface area (Å²) in [6, 6.07) is 24.0. The lowest BCUT2D eigenvalue weighted by molar-refractivity contribution is 0.0684. The lowest BCUT2D eigenvalue weighted by Crippen LogP contribution is -2.19. The highest BCUT2D eigenvalue weighted by molar-refractivity contribution is 5.98. The maximum atomic E-state index is 12.4. The van der Waals surface area contributed by atoms with Crippen LogP contribution >= 0.6 is 0 Å². The molecule has 0 amide bonds. The van der Waals surface area contributed by atoms with Crippen molar-refractivity contribution in [1.82, 2.24) is 9.88 Å². The normalized spacial score (nSPS) is 11.0. The lowest BCUT2D eigenvalue weighted by Gasteiger charge is -2.10. The number of carboxylic acid groups (broad SMARTS) is 1. The summed E-state index contributed by atoms with van der Waals surface area (Å²) in [5.41, 5.74) is 5.37. The molecule has 0 fully saturated rings. The minimum atomic E-state index is -0.915. The van der Waals surface area contributed by atoms with Crippen molar-refractivity contribution in [1.29, 1.82) is 0 Å². The second-order valence-electron chi connectivity index (χ2n) is 8.19. The van der Waals surface area contributed by atoms with Gasteiger partial charge in [-0.1, -0.05) is 67.3 Å². The topological polar surface area (TPSA) is 63.5 Å². The predicted octanol–water partition coefficient (Wildman–Crippen LogP) is 5.76. The van der Waals surface area contributed by atoms with Crippen LogP contribution in [0.25, 0.3) is 17.0 Å². The molecule has 4 rings (SSSR count). The van der Waals surface area contributed by atoms with Crippen LogP contribution < -0.4 is 10.1 Å². The van der Waals surface area contributed by atoms with Gasteiger partial charge >= 0.3 is 5.97 Å². The number of aromatic carboxylic acids is 1. The molecule has 0 unspecified atom stereocenters. The molecule has 5 heteroatoms. The molecule has 0 bridgehead atoms. The van der Waals surface area contributed by atoms with Gasteiger partial charge in [0, 0.05) is 29.6 Å². The molecule has 3 aromatic carbocycles. The average Bonchev–Trinajstić information content (AvgIpc) is 3.17. The highest BCUT2D eigenvalue weighted by Crippen LogP contribution is 2.28. The SMILES string of the molecule is C=Cc1ccc(Cn2c(C(=O)O)c(CNCCc3ccc(OCC)cc3)c3ccccc32)cc1. The van der Waals surface area contributed by atoms with Gasteiger partial charge in [-0.15, -0.1) is 0 Å². The smallest absolute Gasteiger partial charge is 0.352 e. The van der Waals surface area contributed by atoms with Crippen LogP contribution in [0.3, 0.4) is 0 Å². The minimum Gasteiger partial charge on any atom is -0.494 e. The molecular formula is C29H30N2O3. The highest BCUT2D eigenvalue weighted by atomic mass is 16.5. The molecule has 4 aromatic rings. The number of benzene rings is 3. The maximum Gasteiger partial charge on any atom is 0.352 e. The number of hydrogen-bond acceptors (Lipinski definition) is 3. The molecule has 5 nitrogen and oxygen atoms in total. The van der Waals surface area contributed by atoms with Gasteiger partial charge in [0.1, 0.15) is 11.4 Å². The van der Waals surface area contributed by atoms with Crippen LogP contribution in [0.1, 0.15) is 39.7 Å². The summed E-state index contributed by atoms with van der Waals surface area (Å²) in [5, 5.41) is 14.6. The van der Waals surface area contributed by atoms with Crippen molar-refractivity contribution in [2.24, 2.45) is 0 Å². The lowest BCUT2D eigenvalue weighted by atomic mass is 10.1. The van der Waals surface area contributed by atoms with Gasteiger partial charge in [0.15, 0.2) is 0 Å². The monoisotopic (exact) mass is 454 g/mol. The summed E-state index contributed by atoms with van der Waals surface area (Å²) in [6.07, 6.45) is 2.65. The molecule has 0 aliphatic heterocycles. The van der Waals surface area contributed by atoms with Crippen molar-refractivity contribution in [2.45, 2.75) is 26.4 Å². The zero-order chi connectivity index (χ0) is 23.9. The Labute approximate surface area is 200 Å². The van der Waals surface area contributed by atoms with E-state index >= 15 is 0 Å². The minimum absolute atomic E-state index is 0.336. The first-order chi connectivity index (χ1) is 16.6. The second kappa shape index (κ2) is 10.9. The van der Waals surface area contributed by atoms with Crippen LogP contribution in [0.15, 0.2) is 79.4 Å². The third kappa shape index (κ3) is 5.21. The number of ether oxygens (including phenoxy) is 1. The molecule has 0 atom stereocenters. The van der Waals surface area contributed by atoms with Crippen LogP contribution in [0.2, 0.25) is 0 Å². The maximum absolute atomic E-state index is 12.4. The fourth-order valence-corrected chi connectivity index (χ4v) is 4.27. The fraction of sp³-hybridized carbons (Fsp3) is 0.207. The molecule has 34 heavy (non-hydrogen) atoms. The van der Waals surface area contributed by atoms with Crippen LogP contribution in [-0.2, 0) is 19.5 Å². The van der Waals surface area contributed by atoms with E-state index in [2.05, 4.69) is 24.0 Å². The Kier molecular flexibility index (Phi) is 7.45. The molecule has 0 aliphatic carbocycles. The first kappa shape index (κ1) is 23.3. The number of nitrogens with one attached hydrogen (secondary N) is 1. The van der Waals surface area contributed by atoms with E-state index in [1.165, 1.54) is 5.56 Å². The zero-order valence-corrected chi connectivity index (χ0v) is 19.5. The van der Waals surface area contributed by atoms with Crippen LogP contribution in [-0.4, -0.2) is 28.8 Å². The van der Waals surface area contributed by atoms with E-state index in [-0.39, 0.29) is 0 Å². The zero-order valence-electron chi connectivity index (χ0n) is 19.5. The van der Waals surface area contributed by atoms with Gasteiger partial charge in [0.25, 0.3) is 0 Å². The Bertz CT molecular complexity index is 1270. The van der Waals surface area contributed by atoms with Crippen molar-refractivity contribution < 1.29 is 14.6 Å². The molecule has 0 spiro atoms. The molecule has 1 aromatic heterocycles.